The molecule has 0 bridgehead atoms. The maximum Gasteiger partial charge on any atom is 0.274 e. The predicted octanol–water partition coefficient (Wildman–Crippen LogP) is 2.26. The van der Waals surface area contributed by atoms with E-state index >= 15 is 0 Å². The lowest BCUT2D eigenvalue weighted by atomic mass is 10.0. The molecule has 2 amide bonds. The van der Waals surface area contributed by atoms with E-state index in [0.29, 0.717) is 43.0 Å². The number of benzene rings is 1. The lowest BCUT2D eigenvalue weighted by Gasteiger charge is -2.30. The number of pyridine rings is 1. The fraction of sp³-hybridized carbons (Fsp3) is 0.273. The Morgan fingerprint density at radius 2 is 2.12 bits per heavy atom. The Bertz CT molecular complexity index is 1240. The van der Waals surface area contributed by atoms with Crippen molar-refractivity contribution in [2.24, 2.45) is 0 Å². The predicted molar refractivity (Wildman–Crippen MR) is 117 cm³/mol. The zero-order valence-corrected chi connectivity index (χ0v) is 18.1. The third-order valence-electron chi connectivity index (χ3n) is 5.44. The number of rotatable bonds is 6. The maximum atomic E-state index is 13.5. The Labute approximate surface area is 187 Å². The lowest BCUT2D eigenvalue weighted by molar-refractivity contribution is 0.0695. The zero-order valence-electron chi connectivity index (χ0n) is 17.3. The van der Waals surface area contributed by atoms with Gasteiger partial charge in [-0.05, 0) is 30.5 Å². The number of nitrogens with zero attached hydrogens (tertiary/aromatic N) is 3. The zero-order chi connectivity index (χ0) is 22.8. The second-order valence-corrected chi connectivity index (χ2v) is 8.27. The molecule has 1 aliphatic rings. The second-order valence-electron chi connectivity index (χ2n) is 7.38. The van der Waals surface area contributed by atoms with Crippen LogP contribution in [0.3, 0.4) is 0 Å². The van der Waals surface area contributed by atoms with Crippen LogP contribution in [0.4, 0.5) is 4.39 Å². The number of carbonyl (C=O) groups excluding carboxylic acids is 2. The first-order valence-corrected chi connectivity index (χ1v) is 10.9. The van der Waals surface area contributed by atoms with Gasteiger partial charge in [0.2, 0.25) is 5.43 Å². The Balaban J connectivity index is 1.50. The van der Waals surface area contributed by atoms with Crippen molar-refractivity contribution in [1.82, 2.24) is 19.8 Å². The van der Waals surface area contributed by atoms with E-state index in [1.807, 2.05) is 0 Å². The molecular formula is C22H21FN4O4S. The SMILES string of the molecule is CNC(=O)c1cc(F)ccc1CCCN1CCn2cc(-c3nccs3)c(=O)c(O)c2C1=O. The van der Waals surface area contributed by atoms with Gasteiger partial charge in [-0.3, -0.25) is 14.4 Å². The molecule has 3 aromatic rings. The lowest BCUT2D eigenvalue weighted by Crippen LogP contribution is -2.42. The fourth-order valence-electron chi connectivity index (χ4n) is 3.83. The van der Waals surface area contributed by atoms with Gasteiger partial charge in [-0.2, -0.15) is 0 Å². The molecule has 3 heterocycles. The number of hydrogen-bond donors (Lipinski definition) is 2. The molecule has 0 radical (unpaired) electrons. The smallest absolute Gasteiger partial charge is 0.274 e. The summed E-state index contributed by atoms with van der Waals surface area (Å²) in [7, 11) is 1.48. The van der Waals surface area contributed by atoms with Crippen molar-refractivity contribution in [3.05, 3.63) is 68.8 Å². The standard InChI is InChI=1S/C22H21FN4O4S/c1-24-20(30)15-11-14(23)5-4-13(15)3-2-7-26-8-9-27-12-16(21-25-6-10-32-21)18(28)19(29)17(27)22(26)31/h4-6,10-12,29H,2-3,7-9H2,1H3,(H,24,30). The van der Waals surface area contributed by atoms with Crippen molar-refractivity contribution in [2.75, 3.05) is 20.1 Å². The summed E-state index contributed by atoms with van der Waals surface area (Å²) in [6, 6.07) is 4.06. The Kier molecular flexibility index (Phi) is 6.04. The summed E-state index contributed by atoms with van der Waals surface area (Å²) in [5.74, 6) is -1.87. The molecule has 0 unspecified atom stereocenters. The maximum absolute atomic E-state index is 13.5. The molecule has 0 fully saturated rings. The molecule has 10 heteroatoms. The summed E-state index contributed by atoms with van der Waals surface area (Å²) >= 11 is 1.28. The van der Waals surface area contributed by atoms with Crippen LogP contribution < -0.4 is 10.7 Å². The molecule has 4 rings (SSSR count). The van der Waals surface area contributed by atoms with E-state index in [-0.39, 0.29) is 22.7 Å². The normalized spacial score (nSPS) is 13.2. The number of aromatic nitrogens is 2. The quantitative estimate of drug-likeness (QED) is 0.592. The summed E-state index contributed by atoms with van der Waals surface area (Å²) in [6.07, 6.45) is 4.14. The largest absolute Gasteiger partial charge is 0.503 e. The highest BCUT2D eigenvalue weighted by atomic mass is 32.1. The monoisotopic (exact) mass is 456 g/mol. The molecular weight excluding hydrogens is 435 g/mol. The van der Waals surface area contributed by atoms with Crippen LogP contribution in [0.15, 0.2) is 40.8 Å². The first-order valence-electron chi connectivity index (χ1n) is 10.1. The van der Waals surface area contributed by atoms with E-state index in [4.69, 9.17) is 0 Å². The van der Waals surface area contributed by atoms with E-state index < -0.39 is 22.9 Å². The molecule has 0 atom stereocenters. The van der Waals surface area contributed by atoms with Gasteiger partial charge in [-0.25, -0.2) is 9.37 Å². The van der Waals surface area contributed by atoms with Crippen LogP contribution in [0, 0.1) is 5.82 Å². The van der Waals surface area contributed by atoms with Crippen LogP contribution >= 0.6 is 11.3 Å². The molecule has 2 N–H and O–H groups in total. The Hall–Kier alpha value is -3.53. The van der Waals surface area contributed by atoms with Gasteiger partial charge >= 0.3 is 0 Å². The van der Waals surface area contributed by atoms with E-state index in [1.165, 1.54) is 30.5 Å². The van der Waals surface area contributed by atoms with Gasteiger partial charge < -0.3 is 19.9 Å². The number of aromatic hydroxyl groups is 1. The molecule has 0 saturated carbocycles. The molecule has 0 aliphatic carbocycles. The number of halogens is 1. The number of carbonyl (C=O) groups is 2. The van der Waals surface area contributed by atoms with E-state index in [1.54, 1.807) is 33.3 Å². The number of nitrogens with one attached hydrogen (secondary N) is 1. The molecule has 2 aromatic heterocycles. The topological polar surface area (TPSA) is 105 Å². The van der Waals surface area contributed by atoms with Gasteiger partial charge in [0.25, 0.3) is 11.8 Å². The van der Waals surface area contributed by atoms with E-state index in [9.17, 15) is 23.9 Å². The minimum absolute atomic E-state index is 0.0330. The van der Waals surface area contributed by atoms with Gasteiger partial charge in [0, 0.05) is 50.0 Å². The third-order valence-corrected chi connectivity index (χ3v) is 6.24. The molecule has 0 spiro atoms. The number of aryl methyl sites for hydroxylation is 1. The number of hydrogen-bond acceptors (Lipinski definition) is 6. The van der Waals surface area contributed by atoms with E-state index in [2.05, 4.69) is 10.3 Å². The van der Waals surface area contributed by atoms with Gasteiger partial charge in [0.05, 0.1) is 5.56 Å². The molecule has 166 valence electrons. The molecule has 8 nitrogen and oxygen atoms in total. The summed E-state index contributed by atoms with van der Waals surface area (Å²) < 4.78 is 15.1. The summed E-state index contributed by atoms with van der Waals surface area (Å²) in [4.78, 5) is 43.3. The van der Waals surface area contributed by atoms with Gasteiger partial charge in [-0.1, -0.05) is 6.07 Å². The molecule has 1 aliphatic heterocycles. The van der Waals surface area contributed by atoms with E-state index in [0.717, 1.165) is 0 Å². The first kappa shape index (κ1) is 21.7. The minimum Gasteiger partial charge on any atom is -0.503 e. The van der Waals surface area contributed by atoms with Crippen LogP contribution in [-0.2, 0) is 13.0 Å². The second kappa shape index (κ2) is 8.91. The molecule has 1 aromatic carbocycles. The van der Waals surface area contributed by atoms with Crippen molar-refractivity contribution < 1.29 is 19.1 Å². The van der Waals surface area contributed by atoms with Crippen molar-refractivity contribution in [3.8, 4) is 16.3 Å². The van der Waals surface area contributed by atoms with Crippen LogP contribution in [0.1, 0.15) is 32.8 Å². The average molecular weight is 456 g/mol. The highest BCUT2D eigenvalue weighted by Gasteiger charge is 2.30. The molecule has 0 saturated heterocycles. The van der Waals surface area contributed by atoms with Gasteiger partial charge in [0.15, 0.2) is 11.4 Å². The van der Waals surface area contributed by atoms with Crippen molar-refractivity contribution in [3.63, 3.8) is 0 Å². The summed E-state index contributed by atoms with van der Waals surface area (Å²) in [5.41, 5.74) is 0.558. The van der Waals surface area contributed by atoms with Crippen LogP contribution in [0.2, 0.25) is 0 Å². The minimum atomic E-state index is -0.622. The first-order chi connectivity index (χ1) is 15.4. The van der Waals surface area contributed by atoms with Crippen LogP contribution in [0.5, 0.6) is 5.75 Å². The average Bonchev–Trinajstić information content (AvgIpc) is 3.32. The Morgan fingerprint density at radius 1 is 1.31 bits per heavy atom. The third kappa shape index (κ3) is 4.01. The molecule has 32 heavy (non-hydrogen) atoms. The number of fused-ring (bicyclic) bond motifs is 1. The fourth-order valence-corrected chi connectivity index (χ4v) is 4.47. The highest BCUT2D eigenvalue weighted by molar-refractivity contribution is 7.13. The number of amides is 2. The Morgan fingerprint density at radius 3 is 2.84 bits per heavy atom. The highest BCUT2D eigenvalue weighted by Crippen LogP contribution is 2.26. The summed E-state index contributed by atoms with van der Waals surface area (Å²) in [6.45, 7) is 1.20. The van der Waals surface area contributed by atoms with Crippen LogP contribution in [-0.4, -0.2) is 51.5 Å². The van der Waals surface area contributed by atoms with Crippen molar-refractivity contribution >= 4 is 23.2 Å². The van der Waals surface area contributed by atoms with Gasteiger partial charge in [0.1, 0.15) is 10.8 Å². The van der Waals surface area contributed by atoms with Crippen LogP contribution in [0.25, 0.3) is 10.6 Å². The van der Waals surface area contributed by atoms with Gasteiger partial charge in [-0.15, -0.1) is 11.3 Å². The number of thiazole rings is 1. The van der Waals surface area contributed by atoms with Crippen molar-refractivity contribution in [2.45, 2.75) is 19.4 Å². The van der Waals surface area contributed by atoms with Crippen molar-refractivity contribution in [1.29, 1.82) is 0 Å². The summed E-state index contributed by atoms with van der Waals surface area (Å²) in [5, 5.41) is 15.2.